The molecule has 2 rings (SSSR count). The van der Waals surface area contributed by atoms with Crippen molar-refractivity contribution < 1.29 is 9.50 Å². The van der Waals surface area contributed by atoms with Crippen molar-refractivity contribution in [3.8, 4) is 6.07 Å². The fourth-order valence-corrected chi connectivity index (χ4v) is 1.70. The first kappa shape index (κ1) is 13.9. The average Bonchev–Trinajstić information content (AvgIpc) is 2.86. The van der Waals surface area contributed by atoms with Crippen LogP contribution in [0.5, 0.6) is 0 Å². The molecule has 0 saturated heterocycles. The molecule has 102 valence electrons. The molecule has 5 nitrogen and oxygen atoms in total. The first-order valence-electron chi connectivity index (χ1n) is 6.12. The Hall–Kier alpha value is -2.52. The van der Waals surface area contributed by atoms with E-state index in [9.17, 15) is 4.39 Å². The van der Waals surface area contributed by atoms with Crippen LogP contribution in [0.15, 0.2) is 24.3 Å². The zero-order chi connectivity index (χ0) is 14.4. The van der Waals surface area contributed by atoms with Crippen molar-refractivity contribution >= 4 is 12.2 Å². The molecular weight excluding hydrogens is 259 g/mol. The fraction of sp³-hybridized carbons (Fsp3) is 0.214. The van der Waals surface area contributed by atoms with Crippen molar-refractivity contribution in [3.63, 3.8) is 0 Å². The summed E-state index contributed by atoms with van der Waals surface area (Å²) in [5, 5.41) is 25.5. The molecule has 0 spiro atoms. The van der Waals surface area contributed by atoms with Crippen LogP contribution in [0, 0.1) is 17.1 Å². The lowest BCUT2D eigenvalue weighted by molar-refractivity contribution is 0.276. The van der Waals surface area contributed by atoms with E-state index in [2.05, 4.69) is 10.3 Å². The molecule has 1 heterocycles. The first-order valence-corrected chi connectivity index (χ1v) is 6.12. The monoisotopic (exact) mass is 272 g/mol. The van der Waals surface area contributed by atoms with Crippen LogP contribution in [-0.2, 0) is 6.54 Å². The van der Waals surface area contributed by atoms with E-state index in [0.29, 0.717) is 18.7 Å². The van der Waals surface area contributed by atoms with Gasteiger partial charge in [-0.1, -0.05) is 23.4 Å². The zero-order valence-corrected chi connectivity index (χ0v) is 10.7. The van der Waals surface area contributed by atoms with Crippen molar-refractivity contribution in [2.45, 2.75) is 13.0 Å². The number of halogens is 1. The molecule has 2 aromatic rings. The van der Waals surface area contributed by atoms with Crippen molar-refractivity contribution in [1.29, 1.82) is 5.26 Å². The number of aryl methyl sites for hydroxylation is 1. The zero-order valence-electron chi connectivity index (χ0n) is 10.7. The van der Waals surface area contributed by atoms with Crippen molar-refractivity contribution in [2.24, 2.45) is 0 Å². The minimum atomic E-state index is -0.297. The number of hydrogen-bond acceptors (Lipinski definition) is 4. The van der Waals surface area contributed by atoms with Gasteiger partial charge in [-0.25, -0.2) is 9.07 Å². The minimum Gasteiger partial charge on any atom is -0.396 e. The Kier molecular flexibility index (Phi) is 4.58. The molecule has 0 atom stereocenters. The summed E-state index contributed by atoms with van der Waals surface area (Å²) in [6.45, 7) is 0.525. The molecule has 0 radical (unpaired) electrons. The van der Waals surface area contributed by atoms with E-state index in [-0.39, 0.29) is 18.1 Å². The quantitative estimate of drug-likeness (QED) is 0.901. The molecule has 1 aromatic heterocycles. The number of aromatic nitrogens is 3. The van der Waals surface area contributed by atoms with Crippen molar-refractivity contribution in [3.05, 3.63) is 47.0 Å². The summed E-state index contributed by atoms with van der Waals surface area (Å²) in [5.41, 5.74) is 1.61. The Labute approximate surface area is 115 Å². The highest BCUT2D eigenvalue weighted by Crippen LogP contribution is 2.12. The van der Waals surface area contributed by atoms with Gasteiger partial charge >= 0.3 is 0 Å². The Bertz CT molecular complexity index is 640. The molecule has 1 aromatic carbocycles. The third kappa shape index (κ3) is 3.28. The second-order valence-electron chi connectivity index (χ2n) is 4.12. The van der Waals surface area contributed by atoms with Crippen molar-refractivity contribution in [1.82, 2.24) is 15.0 Å². The second-order valence-corrected chi connectivity index (χ2v) is 4.12. The van der Waals surface area contributed by atoms with E-state index in [4.69, 9.17) is 10.4 Å². The van der Waals surface area contributed by atoms with Crippen LogP contribution in [0.2, 0.25) is 0 Å². The number of nitrogens with zero attached hydrogens (tertiary/aromatic N) is 4. The summed E-state index contributed by atoms with van der Waals surface area (Å²) < 4.78 is 14.4. The highest BCUT2D eigenvalue weighted by Gasteiger charge is 2.09. The standard InChI is InChI=1S/C14H13FN4O/c15-12-5-2-11(3-6-12)4-7-14-13(10-16)17-18-19(14)8-1-9-20/h2-7,20H,1,8-9H2/b7-4+. The lowest BCUT2D eigenvalue weighted by atomic mass is 10.2. The third-order valence-corrected chi connectivity index (χ3v) is 2.71. The normalized spacial score (nSPS) is 10.8. The lowest BCUT2D eigenvalue weighted by Gasteiger charge is -2.01. The van der Waals surface area contributed by atoms with Crippen LogP contribution >= 0.6 is 0 Å². The molecule has 6 heteroatoms. The largest absolute Gasteiger partial charge is 0.396 e. The summed E-state index contributed by atoms with van der Waals surface area (Å²) in [5.74, 6) is -0.297. The van der Waals surface area contributed by atoms with Gasteiger partial charge in [0.05, 0.1) is 5.69 Å². The van der Waals surface area contributed by atoms with Gasteiger partial charge in [0.2, 0.25) is 0 Å². The maximum Gasteiger partial charge on any atom is 0.190 e. The fourth-order valence-electron chi connectivity index (χ4n) is 1.70. The van der Waals surface area contributed by atoms with E-state index in [0.717, 1.165) is 5.56 Å². The molecule has 0 unspecified atom stereocenters. The SMILES string of the molecule is N#Cc1nnn(CCCO)c1/C=C/c1ccc(F)cc1. The topological polar surface area (TPSA) is 74.7 Å². The van der Waals surface area contributed by atoms with Gasteiger partial charge in [-0.05, 0) is 30.2 Å². The van der Waals surface area contributed by atoms with E-state index in [1.807, 2.05) is 6.07 Å². The third-order valence-electron chi connectivity index (χ3n) is 2.71. The van der Waals surface area contributed by atoms with E-state index in [1.54, 1.807) is 29.0 Å². The molecule has 0 aliphatic rings. The van der Waals surface area contributed by atoms with Crippen molar-refractivity contribution in [2.75, 3.05) is 6.61 Å². The van der Waals surface area contributed by atoms with Crippen LogP contribution in [-0.4, -0.2) is 26.7 Å². The molecule has 0 fully saturated rings. The minimum absolute atomic E-state index is 0.0445. The molecule has 0 saturated carbocycles. The van der Waals surface area contributed by atoms with Gasteiger partial charge in [0.1, 0.15) is 11.9 Å². The maximum atomic E-state index is 12.8. The molecule has 20 heavy (non-hydrogen) atoms. The molecule has 1 N–H and O–H groups in total. The predicted molar refractivity (Wildman–Crippen MR) is 71.8 cm³/mol. The number of aliphatic hydroxyl groups excluding tert-OH is 1. The maximum absolute atomic E-state index is 12.8. The first-order chi connectivity index (χ1) is 9.74. The number of aliphatic hydroxyl groups is 1. The average molecular weight is 272 g/mol. The summed E-state index contributed by atoms with van der Waals surface area (Å²) in [6.07, 6.45) is 4.00. The van der Waals surface area contributed by atoms with E-state index < -0.39 is 0 Å². The summed E-state index contributed by atoms with van der Waals surface area (Å²) in [7, 11) is 0. The van der Waals surface area contributed by atoms with Gasteiger partial charge in [0.25, 0.3) is 0 Å². The number of benzene rings is 1. The lowest BCUT2D eigenvalue weighted by Crippen LogP contribution is -2.04. The summed E-state index contributed by atoms with van der Waals surface area (Å²) >= 11 is 0. The van der Waals surface area contributed by atoms with Gasteiger partial charge in [-0.15, -0.1) is 5.10 Å². The smallest absolute Gasteiger partial charge is 0.190 e. The molecule has 0 aliphatic heterocycles. The van der Waals surface area contributed by atoms with Gasteiger partial charge in [-0.3, -0.25) is 0 Å². The van der Waals surface area contributed by atoms with E-state index >= 15 is 0 Å². The highest BCUT2D eigenvalue weighted by atomic mass is 19.1. The molecule has 0 aliphatic carbocycles. The highest BCUT2D eigenvalue weighted by molar-refractivity contribution is 5.69. The number of rotatable bonds is 5. The van der Waals surface area contributed by atoms with Gasteiger partial charge in [0.15, 0.2) is 5.69 Å². The summed E-state index contributed by atoms with van der Waals surface area (Å²) in [4.78, 5) is 0. The van der Waals surface area contributed by atoms with Gasteiger partial charge in [0, 0.05) is 13.2 Å². The Morgan fingerprint density at radius 2 is 2.05 bits per heavy atom. The van der Waals surface area contributed by atoms with Crippen LogP contribution in [0.4, 0.5) is 4.39 Å². The summed E-state index contributed by atoms with van der Waals surface area (Å²) in [6, 6.07) is 7.98. The Morgan fingerprint density at radius 3 is 2.70 bits per heavy atom. The van der Waals surface area contributed by atoms with Gasteiger partial charge < -0.3 is 5.11 Å². The molecule has 0 amide bonds. The van der Waals surface area contributed by atoms with Gasteiger partial charge in [-0.2, -0.15) is 5.26 Å². The number of nitriles is 1. The Balaban J connectivity index is 2.25. The van der Waals surface area contributed by atoms with Crippen LogP contribution in [0.3, 0.4) is 0 Å². The predicted octanol–water partition coefficient (Wildman–Crippen LogP) is 1.84. The second kappa shape index (κ2) is 6.59. The number of hydrogen-bond donors (Lipinski definition) is 1. The van der Waals surface area contributed by atoms with Crippen LogP contribution < -0.4 is 0 Å². The Morgan fingerprint density at radius 1 is 1.30 bits per heavy atom. The van der Waals surface area contributed by atoms with Crippen LogP contribution in [0.25, 0.3) is 12.2 Å². The van der Waals surface area contributed by atoms with E-state index in [1.165, 1.54) is 12.1 Å². The molecule has 0 bridgehead atoms. The molecular formula is C14H13FN4O. The van der Waals surface area contributed by atoms with Crippen LogP contribution in [0.1, 0.15) is 23.4 Å².